The molecule has 0 aromatic heterocycles. The van der Waals surface area contributed by atoms with Gasteiger partial charge in [0.25, 0.3) is 0 Å². The van der Waals surface area contributed by atoms with Crippen LogP contribution in [0.25, 0.3) is 10.6 Å². The summed E-state index contributed by atoms with van der Waals surface area (Å²) in [6, 6.07) is 27.3. The minimum absolute atomic E-state index is 0. The number of benzene rings is 4. The summed E-state index contributed by atoms with van der Waals surface area (Å²) in [5.74, 6) is 0.0636. The van der Waals surface area contributed by atoms with E-state index in [9.17, 15) is 10.2 Å². The molecule has 0 aliphatic rings. The summed E-state index contributed by atoms with van der Waals surface area (Å²) in [6.45, 7) is 25.4. The zero-order valence-electron chi connectivity index (χ0n) is 29.1. The van der Waals surface area contributed by atoms with Gasteiger partial charge in [-0.3, -0.25) is 0 Å². The maximum Gasteiger partial charge on any atom is 4.00 e. The van der Waals surface area contributed by atoms with Gasteiger partial charge in [-0.2, -0.15) is 0 Å². The van der Waals surface area contributed by atoms with Crippen LogP contribution in [0, 0.1) is 0 Å². The number of para-hydroxylation sites is 2. The average molecular weight is 786 g/mol. The van der Waals surface area contributed by atoms with Gasteiger partial charge in [-0.05, 0) is 32.8 Å². The van der Waals surface area contributed by atoms with Gasteiger partial charge in [0.05, 0.1) is 0 Å². The molecule has 0 radical (unpaired) electrons. The van der Waals surface area contributed by atoms with Crippen LogP contribution < -0.4 is 10.2 Å². The SMILES string of the molecule is CC(C)(C)c1cc([N-]c2ccccc2)c([O-])c(C(C)(C)C)c1.CC(C)(C)c1cc([N-]c2ccccc2)c([O-])c(C(C)(C)C)c1.[Pt+4]. The number of hydrogen-bond acceptors (Lipinski definition) is 2. The van der Waals surface area contributed by atoms with Crippen molar-refractivity contribution in [1.29, 1.82) is 0 Å². The zero-order valence-corrected chi connectivity index (χ0v) is 31.4. The van der Waals surface area contributed by atoms with Gasteiger partial charge in [0.2, 0.25) is 0 Å². The van der Waals surface area contributed by atoms with Gasteiger partial charge < -0.3 is 20.8 Å². The van der Waals surface area contributed by atoms with E-state index < -0.39 is 0 Å². The molecule has 0 fully saturated rings. The van der Waals surface area contributed by atoms with E-state index in [1.807, 2.05) is 84.9 Å². The predicted octanol–water partition coefficient (Wildman–Crippen LogP) is 11.4. The fraction of sp³-hybridized carbons (Fsp3) is 0.400. The van der Waals surface area contributed by atoms with Gasteiger partial charge in [-0.15, -0.1) is 34.2 Å². The van der Waals surface area contributed by atoms with E-state index >= 15 is 0 Å². The van der Waals surface area contributed by atoms with E-state index in [4.69, 9.17) is 0 Å². The summed E-state index contributed by atoms with van der Waals surface area (Å²) in [7, 11) is 0. The summed E-state index contributed by atoms with van der Waals surface area (Å²) < 4.78 is 0. The van der Waals surface area contributed by atoms with Crippen LogP contribution in [-0.2, 0) is 42.7 Å². The Morgan fingerprint density at radius 3 is 0.956 bits per heavy atom. The fourth-order valence-corrected chi connectivity index (χ4v) is 4.66. The second-order valence-electron chi connectivity index (χ2n) is 15.6. The molecule has 5 heteroatoms. The van der Waals surface area contributed by atoms with E-state index in [2.05, 4.69) is 93.7 Å². The molecule has 0 spiro atoms. The summed E-state index contributed by atoms with van der Waals surface area (Å²) >= 11 is 0. The van der Waals surface area contributed by atoms with Crippen molar-refractivity contribution in [2.45, 2.75) is 105 Å². The van der Waals surface area contributed by atoms with Crippen LogP contribution in [-0.4, -0.2) is 0 Å². The van der Waals surface area contributed by atoms with Crippen LogP contribution >= 0.6 is 0 Å². The van der Waals surface area contributed by atoms with Crippen LogP contribution in [0.2, 0.25) is 0 Å². The fourth-order valence-electron chi connectivity index (χ4n) is 4.66. The van der Waals surface area contributed by atoms with Crippen molar-refractivity contribution in [2.24, 2.45) is 0 Å². The summed E-state index contributed by atoms with van der Waals surface area (Å²) in [5, 5.41) is 34.8. The molecular formula is C40H50N2O2Pt. The number of hydrogen-bond donors (Lipinski definition) is 0. The second-order valence-corrected chi connectivity index (χ2v) is 15.6. The maximum atomic E-state index is 12.8. The van der Waals surface area contributed by atoms with Crippen molar-refractivity contribution in [3.63, 3.8) is 0 Å². The maximum absolute atomic E-state index is 12.8. The van der Waals surface area contributed by atoms with Crippen molar-refractivity contribution in [3.8, 4) is 11.5 Å². The molecule has 0 aliphatic carbocycles. The molecule has 0 amide bonds. The molecule has 0 bridgehead atoms. The molecule has 0 atom stereocenters. The van der Waals surface area contributed by atoms with Gasteiger partial charge in [-0.1, -0.05) is 179 Å². The second kappa shape index (κ2) is 14.5. The van der Waals surface area contributed by atoms with E-state index in [0.29, 0.717) is 11.4 Å². The van der Waals surface area contributed by atoms with Crippen LogP contribution in [0.1, 0.15) is 105 Å². The molecule has 4 rings (SSSR count). The molecule has 0 saturated carbocycles. The molecule has 4 aromatic carbocycles. The Labute approximate surface area is 287 Å². The van der Waals surface area contributed by atoms with Crippen molar-refractivity contribution in [3.05, 3.63) is 118 Å². The van der Waals surface area contributed by atoms with Gasteiger partial charge in [0.1, 0.15) is 0 Å². The van der Waals surface area contributed by atoms with Crippen molar-refractivity contribution < 1.29 is 31.3 Å². The number of nitrogens with zero attached hydrogens (tertiary/aromatic N) is 2. The Hall–Kier alpha value is -3.23. The zero-order chi connectivity index (χ0) is 33.1. The largest absolute Gasteiger partial charge is 4.00 e. The first kappa shape index (κ1) is 38.0. The predicted molar refractivity (Wildman–Crippen MR) is 185 cm³/mol. The summed E-state index contributed by atoms with van der Waals surface area (Å²) in [6.07, 6.45) is 0. The van der Waals surface area contributed by atoms with Gasteiger partial charge in [0.15, 0.2) is 0 Å². The van der Waals surface area contributed by atoms with Crippen molar-refractivity contribution in [2.75, 3.05) is 0 Å². The van der Waals surface area contributed by atoms with Crippen molar-refractivity contribution in [1.82, 2.24) is 0 Å². The van der Waals surface area contributed by atoms with Crippen molar-refractivity contribution >= 4 is 22.7 Å². The minimum Gasteiger partial charge on any atom is -0.873 e. The van der Waals surface area contributed by atoms with E-state index in [1.54, 1.807) is 0 Å². The third kappa shape index (κ3) is 10.4. The molecule has 4 nitrogen and oxygen atoms in total. The molecule has 45 heavy (non-hydrogen) atoms. The van der Waals surface area contributed by atoms with E-state index in [0.717, 1.165) is 33.6 Å². The van der Waals surface area contributed by atoms with Crippen LogP contribution in [0.15, 0.2) is 84.9 Å². The van der Waals surface area contributed by atoms with Gasteiger partial charge in [-0.25, -0.2) is 0 Å². The van der Waals surface area contributed by atoms with Gasteiger partial charge in [0, 0.05) is 0 Å². The standard InChI is InChI=1S/2C20H26NO.Pt/c2*1-19(2,3)14-12-16(20(4,5)6)18(22)17(13-14)21-15-10-8-7-9-11-15;/h2*7-13,22H,1-6H3;/q2*-1;+4/p-2. The smallest absolute Gasteiger partial charge is 0.873 e. The first-order valence-electron chi connectivity index (χ1n) is 15.4. The summed E-state index contributed by atoms with van der Waals surface area (Å²) in [5.41, 5.74) is 6.20. The molecule has 0 N–H and O–H groups in total. The molecule has 0 aliphatic heterocycles. The first-order valence-corrected chi connectivity index (χ1v) is 15.4. The Bertz CT molecular complexity index is 1420. The average Bonchev–Trinajstić information content (AvgIpc) is 2.90. The Balaban J connectivity index is 0.000000307. The molecule has 242 valence electrons. The summed E-state index contributed by atoms with van der Waals surface area (Å²) in [4.78, 5) is 0. The van der Waals surface area contributed by atoms with Gasteiger partial charge >= 0.3 is 21.1 Å². The Kier molecular flexibility index (Phi) is 12.2. The normalized spacial score (nSPS) is 12.0. The van der Waals surface area contributed by atoms with Crippen LogP contribution in [0.3, 0.4) is 0 Å². The number of rotatable bonds is 4. The Morgan fingerprint density at radius 1 is 0.422 bits per heavy atom. The minimum atomic E-state index is -0.195. The monoisotopic (exact) mass is 785 g/mol. The molecular weight excluding hydrogens is 736 g/mol. The molecule has 0 heterocycles. The Morgan fingerprint density at radius 2 is 0.711 bits per heavy atom. The topological polar surface area (TPSA) is 74.3 Å². The van der Waals surface area contributed by atoms with E-state index in [1.165, 1.54) is 0 Å². The van der Waals surface area contributed by atoms with Crippen LogP contribution in [0.5, 0.6) is 11.5 Å². The van der Waals surface area contributed by atoms with Crippen LogP contribution in [0.4, 0.5) is 22.7 Å². The van der Waals surface area contributed by atoms with E-state index in [-0.39, 0.29) is 54.2 Å². The third-order valence-corrected chi connectivity index (χ3v) is 7.50. The quantitative estimate of drug-likeness (QED) is 0.207. The molecule has 0 saturated heterocycles. The molecule has 4 aromatic rings. The molecule has 0 unspecified atom stereocenters. The first-order chi connectivity index (χ1) is 20.2. The third-order valence-electron chi connectivity index (χ3n) is 7.50.